The Bertz CT molecular complexity index is 2890. The topological polar surface area (TPSA) is 4.93 Å². The Hall–Kier alpha value is -5.70. The second-order valence-electron chi connectivity index (χ2n) is 12.4. The van der Waals surface area contributed by atoms with Crippen molar-refractivity contribution in [2.24, 2.45) is 0 Å². The first-order valence-electron chi connectivity index (χ1n) is 15.9. The molecule has 0 fully saturated rings. The van der Waals surface area contributed by atoms with Crippen LogP contribution in [-0.2, 0) is 0 Å². The molecule has 10 aromatic rings. The van der Waals surface area contributed by atoms with E-state index in [0.717, 1.165) is 0 Å². The predicted molar refractivity (Wildman–Crippen MR) is 199 cm³/mol. The van der Waals surface area contributed by atoms with Gasteiger partial charge in [0.2, 0.25) is 0 Å². The summed E-state index contributed by atoms with van der Waals surface area (Å²) in [5.41, 5.74) is 11.5. The molecule has 0 amide bonds. The van der Waals surface area contributed by atoms with Gasteiger partial charge in [-0.15, -0.1) is 11.3 Å². The third kappa shape index (κ3) is 3.14. The van der Waals surface area contributed by atoms with E-state index in [1.165, 1.54) is 103 Å². The molecule has 46 heavy (non-hydrogen) atoms. The van der Waals surface area contributed by atoms with Crippen LogP contribution in [0, 0.1) is 0 Å². The van der Waals surface area contributed by atoms with Crippen molar-refractivity contribution in [1.82, 2.24) is 4.57 Å². The van der Waals surface area contributed by atoms with Gasteiger partial charge in [-0.3, -0.25) is 0 Å². The van der Waals surface area contributed by atoms with Crippen LogP contribution in [-0.4, -0.2) is 4.57 Å². The molecule has 0 spiro atoms. The molecule has 0 saturated heterocycles. The number of fused-ring (bicyclic) bond motifs is 12. The fraction of sp³-hybridized carbons (Fsp3) is 0. The molecule has 0 bridgehead atoms. The summed E-state index contributed by atoms with van der Waals surface area (Å²) >= 11 is 1.91. The predicted octanol–water partition coefficient (Wildman–Crippen LogP) is 12.8. The van der Waals surface area contributed by atoms with Crippen LogP contribution in [0.1, 0.15) is 0 Å². The van der Waals surface area contributed by atoms with Crippen LogP contribution in [0.5, 0.6) is 0 Å². The summed E-state index contributed by atoms with van der Waals surface area (Å²) in [4.78, 5) is 0. The van der Waals surface area contributed by atoms with Crippen molar-refractivity contribution < 1.29 is 0 Å². The Morgan fingerprint density at radius 1 is 0.391 bits per heavy atom. The minimum atomic E-state index is 1.18. The van der Waals surface area contributed by atoms with Crippen LogP contribution in [0.4, 0.5) is 0 Å². The zero-order chi connectivity index (χ0) is 29.9. The first kappa shape index (κ1) is 24.6. The highest BCUT2D eigenvalue weighted by atomic mass is 32.1. The molecular formula is C44H25NS. The van der Waals surface area contributed by atoms with Crippen LogP contribution in [0.3, 0.4) is 0 Å². The Balaban J connectivity index is 1.21. The van der Waals surface area contributed by atoms with Gasteiger partial charge in [0.05, 0.1) is 11.0 Å². The van der Waals surface area contributed by atoms with Crippen molar-refractivity contribution in [3.05, 3.63) is 152 Å². The molecular weight excluding hydrogens is 575 g/mol. The Kier molecular flexibility index (Phi) is 4.78. The van der Waals surface area contributed by atoms with Crippen molar-refractivity contribution in [2.75, 3.05) is 0 Å². The molecule has 1 nitrogen and oxygen atoms in total. The van der Waals surface area contributed by atoms with Gasteiger partial charge in [0.25, 0.3) is 0 Å². The van der Waals surface area contributed by atoms with E-state index in [0.29, 0.717) is 0 Å². The number of aromatic nitrogens is 1. The largest absolute Gasteiger partial charge is 0.309 e. The Morgan fingerprint density at radius 2 is 1.07 bits per heavy atom. The number of nitrogens with zero attached hydrogens (tertiary/aromatic N) is 1. The summed E-state index contributed by atoms with van der Waals surface area (Å²) in [5, 5.41) is 10.6. The second-order valence-corrected chi connectivity index (χ2v) is 13.5. The monoisotopic (exact) mass is 599 g/mol. The molecule has 0 atom stereocenters. The van der Waals surface area contributed by atoms with Crippen LogP contribution < -0.4 is 0 Å². The highest BCUT2D eigenvalue weighted by Gasteiger charge is 2.23. The summed E-state index contributed by atoms with van der Waals surface area (Å²) < 4.78 is 5.18. The summed E-state index contributed by atoms with van der Waals surface area (Å²) in [6.07, 6.45) is 0. The van der Waals surface area contributed by atoms with E-state index in [1.54, 1.807) is 0 Å². The molecule has 212 valence electrons. The van der Waals surface area contributed by atoms with Gasteiger partial charge in [-0.25, -0.2) is 0 Å². The third-order valence-corrected chi connectivity index (χ3v) is 11.3. The van der Waals surface area contributed by atoms with Crippen molar-refractivity contribution in [3.63, 3.8) is 0 Å². The molecule has 1 aliphatic rings. The van der Waals surface area contributed by atoms with Crippen molar-refractivity contribution in [3.8, 4) is 39.1 Å². The Morgan fingerprint density at radius 3 is 1.98 bits per heavy atom. The molecule has 11 rings (SSSR count). The zero-order valence-electron chi connectivity index (χ0n) is 24.8. The zero-order valence-corrected chi connectivity index (χ0v) is 25.6. The fourth-order valence-electron chi connectivity index (χ4n) is 8.20. The SMILES string of the molecule is c1cc(-c2ccc3c4c(cccc24)-c2ccccc2-3)cc(-n2c3ccc4ccccc4c3c3c4sc5ccccc5c4ccc32)c1. The number of thiophene rings is 1. The summed E-state index contributed by atoms with van der Waals surface area (Å²) in [7, 11) is 0. The molecule has 0 aliphatic heterocycles. The quantitative estimate of drug-likeness (QED) is 0.186. The number of benzene rings is 8. The van der Waals surface area contributed by atoms with Gasteiger partial charge in [0.1, 0.15) is 0 Å². The first-order valence-corrected chi connectivity index (χ1v) is 16.7. The molecule has 2 heteroatoms. The van der Waals surface area contributed by atoms with E-state index < -0.39 is 0 Å². The summed E-state index contributed by atoms with van der Waals surface area (Å²) in [6, 6.07) is 56.3. The van der Waals surface area contributed by atoms with Gasteiger partial charge in [0, 0.05) is 36.6 Å². The highest BCUT2D eigenvalue weighted by Crippen LogP contribution is 2.50. The first-order chi connectivity index (χ1) is 22.8. The lowest BCUT2D eigenvalue weighted by atomic mass is 9.94. The van der Waals surface area contributed by atoms with Crippen molar-refractivity contribution >= 4 is 74.9 Å². The number of hydrogen-bond acceptors (Lipinski definition) is 1. The van der Waals surface area contributed by atoms with Gasteiger partial charge in [-0.05, 0) is 85.3 Å². The van der Waals surface area contributed by atoms with Crippen LogP contribution >= 0.6 is 11.3 Å². The highest BCUT2D eigenvalue weighted by molar-refractivity contribution is 7.26. The van der Waals surface area contributed by atoms with E-state index in [9.17, 15) is 0 Å². The lowest BCUT2D eigenvalue weighted by Crippen LogP contribution is -1.94. The summed E-state index contributed by atoms with van der Waals surface area (Å²) in [5.74, 6) is 0. The molecule has 2 heterocycles. The summed E-state index contributed by atoms with van der Waals surface area (Å²) in [6.45, 7) is 0. The van der Waals surface area contributed by atoms with Gasteiger partial charge in [-0.2, -0.15) is 0 Å². The van der Waals surface area contributed by atoms with E-state index in [2.05, 4.69) is 156 Å². The van der Waals surface area contributed by atoms with Crippen LogP contribution in [0.2, 0.25) is 0 Å². The maximum atomic E-state index is 2.49. The Labute approximate surface area is 269 Å². The average Bonchev–Trinajstić information content (AvgIpc) is 3.77. The fourth-order valence-corrected chi connectivity index (χ4v) is 9.45. The van der Waals surface area contributed by atoms with Crippen LogP contribution in [0.15, 0.2) is 152 Å². The standard InChI is InChI=1S/C44H25NS/c1-2-12-30-26(9-1)19-23-38-42(30)43-39(24-22-37-33-15-5-6-18-40(33)46-44(37)43)45(38)28-11-7-10-27(25-28)29-20-21-36-32-14-4-3-13-31(32)35-17-8-16-34(29)41(35)36/h1-25H. The third-order valence-electron chi connectivity index (χ3n) is 10.1. The second kappa shape index (κ2) is 8.94. The van der Waals surface area contributed by atoms with E-state index >= 15 is 0 Å². The molecule has 1 aliphatic carbocycles. The normalized spacial score (nSPS) is 12.3. The molecule has 2 aromatic heterocycles. The molecule has 0 N–H and O–H groups in total. The molecule has 0 radical (unpaired) electrons. The maximum Gasteiger partial charge on any atom is 0.0555 e. The minimum Gasteiger partial charge on any atom is -0.309 e. The van der Waals surface area contributed by atoms with Gasteiger partial charge in [-0.1, -0.05) is 121 Å². The van der Waals surface area contributed by atoms with Crippen molar-refractivity contribution in [2.45, 2.75) is 0 Å². The van der Waals surface area contributed by atoms with Gasteiger partial charge < -0.3 is 4.57 Å². The van der Waals surface area contributed by atoms with Gasteiger partial charge in [0.15, 0.2) is 0 Å². The average molecular weight is 600 g/mol. The smallest absolute Gasteiger partial charge is 0.0555 e. The van der Waals surface area contributed by atoms with Gasteiger partial charge >= 0.3 is 0 Å². The van der Waals surface area contributed by atoms with Crippen LogP contribution in [0.25, 0.3) is 103 Å². The van der Waals surface area contributed by atoms with E-state index in [4.69, 9.17) is 0 Å². The maximum absolute atomic E-state index is 2.49. The molecule has 0 unspecified atom stereocenters. The minimum absolute atomic E-state index is 1.18. The molecule has 0 saturated carbocycles. The van der Waals surface area contributed by atoms with E-state index in [-0.39, 0.29) is 0 Å². The lowest BCUT2D eigenvalue weighted by Gasteiger charge is -2.13. The lowest BCUT2D eigenvalue weighted by molar-refractivity contribution is 1.18. The number of hydrogen-bond donors (Lipinski definition) is 0. The van der Waals surface area contributed by atoms with E-state index in [1.807, 2.05) is 11.3 Å². The number of rotatable bonds is 2. The van der Waals surface area contributed by atoms with Crippen molar-refractivity contribution in [1.29, 1.82) is 0 Å². The molecule has 8 aromatic carbocycles.